The first kappa shape index (κ1) is 12.0. The van der Waals surface area contributed by atoms with Gasteiger partial charge in [0.2, 0.25) is 5.88 Å². The third-order valence-corrected chi connectivity index (χ3v) is 2.37. The van der Waals surface area contributed by atoms with Crippen molar-refractivity contribution in [2.75, 3.05) is 31.0 Å². The van der Waals surface area contributed by atoms with Gasteiger partial charge in [0.25, 0.3) is 0 Å². The molecule has 0 aliphatic rings. The molecule has 5 heteroatoms. The third kappa shape index (κ3) is 3.55. The van der Waals surface area contributed by atoms with Gasteiger partial charge in [-0.3, -0.25) is 0 Å². The second-order valence-corrected chi connectivity index (χ2v) is 3.42. The zero-order chi connectivity index (χ0) is 11.1. The molecule has 0 atom stereocenters. The average Bonchev–Trinajstić information content (AvgIpc) is 2.30. The Balaban J connectivity index is 2.72. The normalized spacial score (nSPS) is 10.1. The minimum absolute atomic E-state index is 0.587. The molecule has 0 unspecified atom stereocenters. The monoisotopic (exact) mass is 229 g/mol. The van der Waals surface area contributed by atoms with Crippen molar-refractivity contribution in [2.45, 2.75) is 13.3 Å². The molecule has 0 spiro atoms. The van der Waals surface area contributed by atoms with Crippen molar-refractivity contribution in [3.63, 3.8) is 0 Å². The second-order valence-electron chi connectivity index (χ2n) is 3.04. The predicted octanol–water partition coefficient (Wildman–Crippen LogP) is 1.94. The zero-order valence-corrected chi connectivity index (χ0v) is 9.87. The summed E-state index contributed by atoms with van der Waals surface area (Å²) >= 11 is 5.66. The van der Waals surface area contributed by atoms with Gasteiger partial charge in [-0.05, 0) is 13.3 Å². The molecule has 0 aromatic carbocycles. The van der Waals surface area contributed by atoms with Crippen molar-refractivity contribution in [3.05, 3.63) is 12.4 Å². The van der Waals surface area contributed by atoms with E-state index in [9.17, 15) is 0 Å². The van der Waals surface area contributed by atoms with Gasteiger partial charge < -0.3 is 9.64 Å². The number of alkyl halides is 1. The highest BCUT2D eigenvalue weighted by atomic mass is 35.5. The second kappa shape index (κ2) is 6.45. The van der Waals surface area contributed by atoms with Crippen LogP contribution in [0, 0.1) is 0 Å². The number of methoxy groups -OCH3 is 1. The Morgan fingerprint density at radius 3 is 2.87 bits per heavy atom. The zero-order valence-electron chi connectivity index (χ0n) is 9.11. The third-order valence-electron chi connectivity index (χ3n) is 2.10. The van der Waals surface area contributed by atoms with Gasteiger partial charge in [0.05, 0.1) is 7.11 Å². The van der Waals surface area contributed by atoms with E-state index in [4.69, 9.17) is 16.3 Å². The maximum Gasteiger partial charge on any atom is 0.218 e. The Kier molecular flexibility index (Phi) is 5.18. The number of hydrogen-bond donors (Lipinski definition) is 0. The molecule has 84 valence electrons. The summed E-state index contributed by atoms with van der Waals surface area (Å²) in [6, 6.07) is 1.83. The molecule has 0 bridgehead atoms. The van der Waals surface area contributed by atoms with Crippen molar-refractivity contribution in [1.29, 1.82) is 0 Å². The average molecular weight is 230 g/mol. The Morgan fingerprint density at radius 1 is 1.47 bits per heavy atom. The molecule has 15 heavy (non-hydrogen) atoms. The summed E-state index contributed by atoms with van der Waals surface area (Å²) in [7, 11) is 1.60. The molecule has 1 heterocycles. The van der Waals surface area contributed by atoms with Crippen LogP contribution in [-0.2, 0) is 0 Å². The number of nitrogens with zero attached hydrogens (tertiary/aromatic N) is 3. The van der Waals surface area contributed by atoms with E-state index in [1.807, 2.05) is 6.07 Å². The summed E-state index contributed by atoms with van der Waals surface area (Å²) in [5.41, 5.74) is 0. The number of hydrogen-bond acceptors (Lipinski definition) is 4. The van der Waals surface area contributed by atoms with Crippen LogP contribution in [-0.4, -0.2) is 36.0 Å². The van der Waals surface area contributed by atoms with Gasteiger partial charge >= 0.3 is 0 Å². The molecular weight excluding hydrogens is 214 g/mol. The summed E-state index contributed by atoms with van der Waals surface area (Å²) in [6.07, 6.45) is 2.46. The summed E-state index contributed by atoms with van der Waals surface area (Å²) in [5.74, 6) is 2.14. The number of aromatic nitrogens is 2. The van der Waals surface area contributed by atoms with Crippen LogP contribution in [0.1, 0.15) is 13.3 Å². The molecule has 0 fully saturated rings. The van der Waals surface area contributed by atoms with Gasteiger partial charge in [0.1, 0.15) is 12.1 Å². The number of ether oxygens (including phenoxy) is 1. The minimum atomic E-state index is 0.587. The Morgan fingerprint density at radius 2 is 2.27 bits per heavy atom. The van der Waals surface area contributed by atoms with Crippen LogP contribution in [0.15, 0.2) is 12.4 Å². The lowest BCUT2D eigenvalue weighted by molar-refractivity contribution is 0.396. The molecule has 4 nitrogen and oxygen atoms in total. The summed E-state index contributed by atoms with van der Waals surface area (Å²) in [5, 5.41) is 0. The Hall–Kier alpha value is -1.03. The first-order chi connectivity index (χ1) is 7.31. The molecule has 1 rings (SSSR count). The molecule has 0 N–H and O–H groups in total. The van der Waals surface area contributed by atoms with Gasteiger partial charge in [-0.2, -0.15) is 0 Å². The molecule has 0 aliphatic heterocycles. The fourth-order valence-electron chi connectivity index (χ4n) is 1.30. The first-order valence-corrected chi connectivity index (χ1v) is 5.52. The lowest BCUT2D eigenvalue weighted by Crippen LogP contribution is -2.25. The minimum Gasteiger partial charge on any atom is -0.481 e. The largest absolute Gasteiger partial charge is 0.481 e. The Bertz CT molecular complexity index is 296. The number of rotatable bonds is 6. The highest BCUT2D eigenvalue weighted by Crippen LogP contribution is 2.15. The van der Waals surface area contributed by atoms with Gasteiger partial charge in [-0.25, -0.2) is 9.97 Å². The predicted molar refractivity (Wildman–Crippen MR) is 61.8 cm³/mol. The van der Waals surface area contributed by atoms with Gasteiger partial charge in [-0.1, -0.05) is 0 Å². The van der Waals surface area contributed by atoms with E-state index in [2.05, 4.69) is 21.8 Å². The van der Waals surface area contributed by atoms with Crippen molar-refractivity contribution in [2.24, 2.45) is 0 Å². The van der Waals surface area contributed by atoms with Gasteiger partial charge in [0.15, 0.2) is 0 Å². The molecule has 0 radical (unpaired) electrons. The quantitative estimate of drug-likeness (QED) is 0.699. The van der Waals surface area contributed by atoms with E-state index in [1.165, 1.54) is 6.33 Å². The summed E-state index contributed by atoms with van der Waals surface area (Å²) in [6.45, 7) is 3.89. The lowest BCUT2D eigenvalue weighted by atomic mass is 10.4. The van der Waals surface area contributed by atoms with Crippen molar-refractivity contribution in [3.8, 4) is 5.88 Å². The van der Waals surface area contributed by atoms with Crippen LogP contribution in [0.25, 0.3) is 0 Å². The van der Waals surface area contributed by atoms with Gasteiger partial charge in [0, 0.05) is 25.0 Å². The molecule has 1 aromatic heterocycles. The molecule has 0 saturated heterocycles. The van der Waals surface area contributed by atoms with Crippen LogP contribution in [0.4, 0.5) is 5.82 Å². The van der Waals surface area contributed by atoms with Crippen LogP contribution < -0.4 is 9.64 Å². The van der Waals surface area contributed by atoms with E-state index in [1.54, 1.807) is 7.11 Å². The van der Waals surface area contributed by atoms with E-state index < -0.39 is 0 Å². The fourth-order valence-corrected chi connectivity index (χ4v) is 1.42. The van der Waals surface area contributed by atoms with E-state index in [0.29, 0.717) is 11.8 Å². The van der Waals surface area contributed by atoms with Crippen LogP contribution in [0.3, 0.4) is 0 Å². The summed E-state index contributed by atoms with van der Waals surface area (Å²) < 4.78 is 5.05. The van der Waals surface area contributed by atoms with Crippen molar-refractivity contribution >= 4 is 17.4 Å². The molecule has 0 aliphatic carbocycles. The van der Waals surface area contributed by atoms with Gasteiger partial charge in [-0.15, -0.1) is 11.6 Å². The molecular formula is C10H16ClN3O. The van der Waals surface area contributed by atoms with E-state index >= 15 is 0 Å². The highest BCUT2D eigenvalue weighted by Gasteiger charge is 2.06. The smallest absolute Gasteiger partial charge is 0.218 e. The van der Waals surface area contributed by atoms with Crippen LogP contribution in [0.5, 0.6) is 5.88 Å². The fraction of sp³-hybridized carbons (Fsp3) is 0.600. The highest BCUT2D eigenvalue weighted by molar-refractivity contribution is 6.17. The van der Waals surface area contributed by atoms with Crippen molar-refractivity contribution in [1.82, 2.24) is 9.97 Å². The van der Waals surface area contributed by atoms with Crippen LogP contribution >= 0.6 is 11.6 Å². The number of anilines is 1. The Labute approximate surface area is 95.2 Å². The van der Waals surface area contributed by atoms with Crippen LogP contribution in [0.2, 0.25) is 0 Å². The topological polar surface area (TPSA) is 38.2 Å². The molecule has 0 saturated carbocycles. The van der Waals surface area contributed by atoms with Crippen molar-refractivity contribution < 1.29 is 4.74 Å². The molecule has 0 amide bonds. The number of halogens is 1. The maximum atomic E-state index is 5.66. The SMILES string of the molecule is CCN(CCCCl)c1cc(OC)ncn1. The summed E-state index contributed by atoms with van der Waals surface area (Å²) in [4.78, 5) is 10.3. The standard InChI is InChI=1S/C10H16ClN3O/c1-3-14(6-4-5-11)9-7-10(15-2)13-8-12-9/h7-8H,3-6H2,1-2H3. The lowest BCUT2D eigenvalue weighted by Gasteiger charge is -2.21. The van der Waals surface area contributed by atoms with E-state index in [0.717, 1.165) is 25.3 Å². The molecule has 1 aromatic rings. The first-order valence-electron chi connectivity index (χ1n) is 4.98. The maximum absolute atomic E-state index is 5.66. The van der Waals surface area contributed by atoms with E-state index in [-0.39, 0.29) is 0 Å².